The highest BCUT2D eigenvalue weighted by atomic mass is 79.9. The standard InChI is InChI=1S/C29H21BrN2O6S/c30-19-15-17-20(18-16-19)31-28(33)25-26(32(37-27(25)29(31)34)21-9-3-1-4-10-21)23-13-7-8-14-24(23)38-39(35,36)22-11-5-2-6-12-22/h1-18,25-27H/t25-,26+,27-/m1/s1. The van der Waals surface area contributed by atoms with Crippen LogP contribution in [0.25, 0.3) is 0 Å². The molecule has 0 radical (unpaired) electrons. The molecule has 0 aromatic heterocycles. The second kappa shape index (κ2) is 9.96. The third kappa shape index (κ3) is 4.50. The van der Waals surface area contributed by atoms with Crippen LogP contribution in [0.5, 0.6) is 5.75 Å². The van der Waals surface area contributed by atoms with Gasteiger partial charge in [-0.3, -0.25) is 14.4 Å². The van der Waals surface area contributed by atoms with Gasteiger partial charge in [0.2, 0.25) is 5.91 Å². The molecule has 2 saturated heterocycles. The van der Waals surface area contributed by atoms with Crippen molar-refractivity contribution in [1.82, 2.24) is 0 Å². The molecule has 0 unspecified atom stereocenters. The van der Waals surface area contributed by atoms with Gasteiger partial charge in [-0.1, -0.05) is 70.5 Å². The first kappa shape index (κ1) is 25.3. The van der Waals surface area contributed by atoms with E-state index >= 15 is 0 Å². The molecule has 8 nitrogen and oxygen atoms in total. The number of anilines is 2. The van der Waals surface area contributed by atoms with Gasteiger partial charge >= 0.3 is 10.1 Å². The lowest BCUT2D eigenvalue weighted by Gasteiger charge is -2.29. The van der Waals surface area contributed by atoms with Gasteiger partial charge in [0.25, 0.3) is 5.91 Å². The van der Waals surface area contributed by atoms with E-state index in [1.54, 1.807) is 72.8 Å². The van der Waals surface area contributed by atoms with E-state index in [0.717, 1.165) is 9.37 Å². The van der Waals surface area contributed by atoms with Crippen molar-refractivity contribution < 1.29 is 27.0 Å². The summed E-state index contributed by atoms with van der Waals surface area (Å²) in [6.07, 6.45) is -1.11. The number of para-hydroxylation sites is 2. The Labute approximate surface area is 233 Å². The van der Waals surface area contributed by atoms with E-state index in [2.05, 4.69) is 15.9 Å². The summed E-state index contributed by atoms with van der Waals surface area (Å²) in [4.78, 5) is 34.7. The Morgan fingerprint density at radius 3 is 2.03 bits per heavy atom. The number of rotatable bonds is 6. The van der Waals surface area contributed by atoms with Crippen LogP contribution in [0.3, 0.4) is 0 Å². The van der Waals surface area contributed by atoms with Crippen molar-refractivity contribution in [3.8, 4) is 5.75 Å². The molecule has 0 spiro atoms. The number of nitrogens with zero attached hydrogens (tertiary/aromatic N) is 2. The fourth-order valence-electron chi connectivity index (χ4n) is 4.93. The van der Waals surface area contributed by atoms with Crippen molar-refractivity contribution in [1.29, 1.82) is 0 Å². The highest BCUT2D eigenvalue weighted by Crippen LogP contribution is 2.49. The fraction of sp³-hybridized carbons (Fsp3) is 0.103. The highest BCUT2D eigenvalue weighted by Gasteiger charge is 2.60. The minimum atomic E-state index is -4.18. The Hall–Kier alpha value is -3.99. The van der Waals surface area contributed by atoms with E-state index in [9.17, 15) is 18.0 Å². The van der Waals surface area contributed by atoms with Gasteiger partial charge < -0.3 is 4.18 Å². The summed E-state index contributed by atoms with van der Waals surface area (Å²) >= 11 is 3.37. The minimum absolute atomic E-state index is 0.00574. The summed E-state index contributed by atoms with van der Waals surface area (Å²) < 4.78 is 32.7. The van der Waals surface area contributed by atoms with Gasteiger partial charge in [0, 0.05) is 10.0 Å². The molecule has 196 valence electrons. The maximum atomic E-state index is 13.9. The predicted molar refractivity (Wildman–Crippen MR) is 147 cm³/mol. The second-order valence-electron chi connectivity index (χ2n) is 9.03. The molecular weight excluding hydrogens is 584 g/mol. The number of fused-ring (bicyclic) bond motifs is 1. The molecule has 2 fully saturated rings. The lowest BCUT2D eigenvalue weighted by molar-refractivity contribution is -0.126. The molecule has 2 heterocycles. The minimum Gasteiger partial charge on any atom is -0.379 e. The van der Waals surface area contributed by atoms with Crippen molar-refractivity contribution in [3.05, 3.63) is 119 Å². The first-order valence-electron chi connectivity index (χ1n) is 12.1. The Balaban J connectivity index is 1.44. The number of carbonyl (C=O) groups is 2. The summed E-state index contributed by atoms with van der Waals surface area (Å²) in [6, 6.07) is 29.4. The summed E-state index contributed by atoms with van der Waals surface area (Å²) in [7, 11) is -4.18. The summed E-state index contributed by atoms with van der Waals surface area (Å²) in [5.74, 6) is -1.85. The van der Waals surface area contributed by atoms with Gasteiger partial charge in [0.1, 0.15) is 16.6 Å². The van der Waals surface area contributed by atoms with Crippen LogP contribution in [0.1, 0.15) is 11.6 Å². The lowest BCUT2D eigenvalue weighted by Crippen LogP contribution is -2.37. The molecule has 0 N–H and O–H groups in total. The quantitative estimate of drug-likeness (QED) is 0.219. The van der Waals surface area contributed by atoms with Crippen molar-refractivity contribution in [2.24, 2.45) is 5.92 Å². The lowest BCUT2D eigenvalue weighted by atomic mass is 9.90. The van der Waals surface area contributed by atoms with Gasteiger partial charge in [-0.25, -0.2) is 9.96 Å². The first-order chi connectivity index (χ1) is 18.8. The van der Waals surface area contributed by atoms with Gasteiger partial charge in [0.05, 0.1) is 17.4 Å². The number of hydrogen-bond donors (Lipinski definition) is 0. The van der Waals surface area contributed by atoms with Gasteiger partial charge in [-0.05, 0) is 54.6 Å². The molecule has 4 aromatic rings. The third-order valence-electron chi connectivity index (χ3n) is 6.68. The summed E-state index contributed by atoms with van der Waals surface area (Å²) in [5.41, 5.74) is 1.42. The molecule has 3 atom stereocenters. The zero-order valence-corrected chi connectivity index (χ0v) is 22.7. The van der Waals surface area contributed by atoms with E-state index in [0.29, 0.717) is 16.9 Å². The van der Waals surface area contributed by atoms with Crippen molar-refractivity contribution in [2.75, 3.05) is 9.96 Å². The molecule has 6 rings (SSSR count). The number of amides is 2. The number of benzene rings is 4. The zero-order chi connectivity index (χ0) is 27.1. The van der Waals surface area contributed by atoms with Crippen LogP contribution >= 0.6 is 15.9 Å². The average molecular weight is 605 g/mol. The van der Waals surface area contributed by atoms with Crippen LogP contribution in [0.2, 0.25) is 0 Å². The smallest absolute Gasteiger partial charge is 0.339 e. The van der Waals surface area contributed by atoms with Crippen LogP contribution in [0.4, 0.5) is 11.4 Å². The normalized spacial score (nSPS) is 20.8. The topological polar surface area (TPSA) is 93.2 Å². The van der Waals surface area contributed by atoms with Crippen LogP contribution in [-0.4, -0.2) is 26.3 Å². The molecule has 0 aliphatic carbocycles. The van der Waals surface area contributed by atoms with Crippen LogP contribution in [-0.2, 0) is 24.5 Å². The monoisotopic (exact) mass is 604 g/mol. The van der Waals surface area contributed by atoms with Gasteiger partial charge in [-0.15, -0.1) is 0 Å². The number of hydroxylamine groups is 1. The van der Waals surface area contributed by atoms with Crippen LogP contribution in [0.15, 0.2) is 119 Å². The Kier molecular flexibility index (Phi) is 6.46. The molecule has 2 aliphatic heterocycles. The van der Waals surface area contributed by atoms with Crippen LogP contribution in [0, 0.1) is 5.92 Å². The number of carbonyl (C=O) groups excluding carboxylic acids is 2. The Bertz CT molecular complexity index is 1650. The number of hydrogen-bond acceptors (Lipinski definition) is 7. The Morgan fingerprint density at radius 1 is 0.718 bits per heavy atom. The van der Waals surface area contributed by atoms with E-state index in [1.165, 1.54) is 23.3 Å². The van der Waals surface area contributed by atoms with E-state index in [1.807, 2.05) is 18.2 Å². The molecule has 2 amide bonds. The van der Waals surface area contributed by atoms with E-state index < -0.39 is 40.0 Å². The molecule has 0 saturated carbocycles. The maximum Gasteiger partial charge on any atom is 0.339 e. The summed E-state index contributed by atoms with van der Waals surface area (Å²) in [6.45, 7) is 0. The van der Waals surface area contributed by atoms with Crippen LogP contribution < -0.4 is 14.1 Å². The molecule has 2 aliphatic rings. The third-order valence-corrected chi connectivity index (χ3v) is 8.46. The largest absolute Gasteiger partial charge is 0.379 e. The Morgan fingerprint density at radius 2 is 1.33 bits per heavy atom. The van der Waals surface area contributed by atoms with Crippen molar-refractivity contribution in [2.45, 2.75) is 17.0 Å². The van der Waals surface area contributed by atoms with E-state index in [-0.39, 0.29) is 10.6 Å². The number of imide groups is 1. The van der Waals surface area contributed by atoms with Gasteiger partial charge in [0.15, 0.2) is 6.10 Å². The van der Waals surface area contributed by atoms with E-state index in [4.69, 9.17) is 9.02 Å². The average Bonchev–Trinajstić information content (AvgIpc) is 3.46. The predicted octanol–water partition coefficient (Wildman–Crippen LogP) is 5.27. The molecule has 39 heavy (non-hydrogen) atoms. The SMILES string of the molecule is O=C1[C@H]2[C@@H](ON(c3ccccc3)[C@H]2c2ccccc2OS(=O)(=O)c2ccccc2)C(=O)N1c1ccc(Br)cc1. The maximum absolute atomic E-state index is 13.9. The molecule has 4 aromatic carbocycles. The first-order valence-corrected chi connectivity index (χ1v) is 14.3. The molecule has 10 heteroatoms. The highest BCUT2D eigenvalue weighted by molar-refractivity contribution is 9.10. The van der Waals surface area contributed by atoms with Crippen molar-refractivity contribution in [3.63, 3.8) is 0 Å². The second-order valence-corrected chi connectivity index (χ2v) is 11.5. The zero-order valence-electron chi connectivity index (χ0n) is 20.3. The van der Waals surface area contributed by atoms with Gasteiger partial charge in [-0.2, -0.15) is 8.42 Å². The fourth-order valence-corrected chi connectivity index (χ4v) is 6.17. The van der Waals surface area contributed by atoms with Crippen molar-refractivity contribution >= 4 is 49.2 Å². The summed E-state index contributed by atoms with van der Waals surface area (Å²) in [5, 5.41) is 1.50. The number of halogens is 1. The molecular formula is C29H21BrN2O6S. The molecule has 0 bridgehead atoms.